The number of furan rings is 1. The summed E-state index contributed by atoms with van der Waals surface area (Å²) in [6, 6.07) is 28.0. The number of nitrogens with zero attached hydrogens (tertiary/aromatic N) is 2. The molecule has 3 heterocycles. The van der Waals surface area contributed by atoms with E-state index in [-0.39, 0.29) is 11.6 Å². The van der Waals surface area contributed by atoms with E-state index in [4.69, 9.17) is 14.1 Å². The van der Waals surface area contributed by atoms with Crippen molar-refractivity contribution >= 4 is 39.0 Å². The number of methoxy groups -OCH3 is 1. The number of hydrogen-bond donors (Lipinski definition) is 0. The molecule has 192 valence electrons. The number of halogens is 1. The predicted octanol–water partition coefficient (Wildman–Crippen LogP) is 6.35. The highest BCUT2D eigenvalue weighted by Crippen LogP contribution is 2.41. The monoisotopic (exact) mass is 594 g/mol. The molecule has 5 aromatic rings. The first-order valence-corrected chi connectivity index (χ1v) is 14.3. The smallest absolute Gasteiger partial charge is 0.271 e. The largest absolute Gasteiger partial charge is 0.497 e. The van der Waals surface area contributed by atoms with Crippen LogP contribution in [-0.2, 0) is 6.42 Å². The fourth-order valence-electron chi connectivity index (χ4n) is 5.44. The Labute approximate surface area is 237 Å². The maximum Gasteiger partial charge on any atom is 0.271 e. The van der Waals surface area contributed by atoms with Crippen LogP contribution in [0.1, 0.15) is 34.9 Å². The van der Waals surface area contributed by atoms with E-state index in [1.807, 2.05) is 71.3 Å². The van der Waals surface area contributed by atoms with Gasteiger partial charge in [-0.2, -0.15) is 0 Å². The lowest BCUT2D eigenvalue weighted by Gasteiger charge is -2.30. The molecule has 2 aliphatic rings. The summed E-state index contributed by atoms with van der Waals surface area (Å²) in [4.78, 5) is 19.7. The van der Waals surface area contributed by atoms with Gasteiger partial charge in [0.2, 0.25) is 0 Å². The first-order valence-electron chi connectivity index (χ1n) is 12.7. The Morgan fingerprint density at radius 2 is 1.79 bits per heavy atom. The highest BCUT2D eigenvalue weighted by molar-refractivity contribution is 9.10. The second-order valence-corrected chi connectivity index (χ2v) is 11.5. The Kier molecular flexibility index (Phi) is 5.98. The van der Waals surface area contributed by atoms with Crippen molar-refractivity contribution in [2.75, 3.05) is 7.11 Å². The normalized spacial score (nSPS) is 16.4. The molecular weight excluding hydrogens is 572 g/mol. The van der Waals surface area contributed by atoms with Crippen molar-refractivity contribution in [1.82, 2.24) is 4.57 Å². The van der Waals surface area contributed by atoms with Crippen LogP contribution in [-0.4, -0.2) is 11.7 Å². The molecule has 0 amide bonds. The van der Waals surface area contributed by atoms with Gasteiger partial charge in [-0.1, -0.05) is 75.8 Å². The molecule has 39 heavy (non-hydrogen) atoms. The number of rotatable bonds is 4. The maximum absolute atomic E-state index is 13.9. The second-order valence-electron chi connectivity index (χ2n) is 9.60. The Hall–Kier alpha value is -3.94. The summed E-state index contributed by atoms with van der Waals surface area (Å²) in [5, 5.41) is 0. The van der Waals surface area contributed by atoms with Crippen molar-refractivity contribution in [1.29, 1.82) is 0 Å². The van der Waals surface area contributed by atoms with Gasteiger partial charge in [0.05, 0.1) is 23.4 Å². The molecule has 7 heteroatoms. The van der Waals surface area contributed by atoms with Crippen LogP contribution < -0.4 is 19.6 Å². The maximum atomic E-state index is 13.9. The van der Waals surface area contributed by atoms with E-state index < -0.39 is 0 Å². The summed E-state index contributed by atoms with van der Waals surface area (Å²) in [5.41, 5.74) is 6.57. The minimum absolute atomic E-state index is 0.0634. The third-order valence-corrected chi connectivity index (χ3v) is 8.84. The molecule has 2 aromatic heterocycles. The fraction of sp³-hybridized carbons (Fsp3) is 0.125. The molecule has 0 bridgehead atoms. The highest BCUT2D eigenvalue weighted by Gasteiger charge is 2.32. The van der Waals surface area contributed by atoms with Gasteiger partial charge in [-0.05, 0) is 65.9 Å². The van der Waals surface area contributed by atoms with E-state index in [9.17, 15) is 4.79 Å². The first kappa shape index (κ1) is 24.1. The summed E-state index contributed by atoms with van der Waals surface area (Å²) < 4.78 is 15.0. The van der Waals surface area contributed by atoms with Crippen molar-refractivity contribution in [3.05, 3.63) is 137 Å². The quantitative estimate of drug-likeness (QED) is 0.243. The molecule has 0 fully saturated rings. The molecule has 7 rings (SSSR count). The van der Waals surface area contributed by atoms with Gasteiger partial charge < -0.3 is 9.15 Å². The van der Waals surface area contributed by atoms with Gasteiger partial charge in [0.1, 0.15) is 17.3 Å². The zero-order valence-electron chi connectivity index (χ0n) is 21.1. The van der Waals surface area contributed by atoms with Gasteiger partial charge in [0, 0.05) is 21.7 Å². The van der Waals surface area contributed by atoms with E-state index in [0.717, 1.165) is 51.2 Å². The van der Waals surface area contributed by atoms with E-state index in [0.29, 0.717) is 15.1 Å². The average Bonchev–Trinajstić information content (AvgIpc) is 3.56. The van der Waals surface area contributed by atoms with Crippen LogP contribution in [0.4, 0.5) is 0 Å². The van der Waals surface area contributed by atoms with Crippen LogP contribution in [0.2, 0.25) is 0 Å². The van der Waals surface area contributed by atoms with Crippen LogP contribution in [0.15, 0.2) is 109 Å². The predicted molar refractivity (Wildman–Crippen MR) is 158 cm³/mol. The zero-order valence-corrected chi connectivity index (χ0v) is 23.5. The lowest BCUT2D eigenvalue weighted by Crippen LogP contribution is -2.38. The SMILES string of the molecule is COc1ccc([C@H]2C3=C(N=c4s/c(=C\c5ccc(-c6ccc(Br)cc6)o5)c(=O)n42)c2ccccc2CC3)cc1. The lowest BCUT2D eigenvalue weighted by molar-refractivity contribution is 0.414. The molecule has 1 atom stereocenters. The average molecular weight is 596 g/mol. The van der Waals surface area contributed by atoms with Crippen LogP contribution in [0.25, 0.3) is 23.1 Å². The van der Waals surface area contributed by atoms with E-state index in [1.165, 1.54) is 22.5 Å². The van der Waals surface area contributed by atoms with E-state index in [1.54, 1.807) is 7.11 Å². The van der Waals surface area contributed by atoms with Gasteiger partial charge in [0.25, 0.3) is 5.56 Å². The molecule has 0 spiro atoms. The third-order valence-electron chi connectivity index (χ3n) is 7.33. The van der Waals surface area contributed by atoms with Crippen molar-refractivity contribution in [3.63, 3.8) is 0 Å². The molecule has 0 saturated carbocycles. The number of hydrogen-bond acceptors (Lipinski definition) is 5. The minimum atomic E-state index is -0.229. The van der Waals surface area contributed by atoms with Crippen LogP contribution >= 0.6 is 27.3 Å². The van der Waals surface area contributed by atoms with Crippen LogP contribution in [0.5, 0.6) is 5.75 Å². The lowest BCUT2D eigenvalue weighted by atomic mass is 9.83. The number of allylic oxidation sites excluding steroid dienone is 1. The third kappa shape index (κ3) is 4.22. The summed E-state index contributed by atoms with van der Waals surface area (Å²) in [7, 11) is 1.66. The summed E-state index contributed by atoms with van der Waals surface area (Å²) in [6.07, 6.45) is 3.60. The number of fused-ring (bicyclic) bond motifs is 3. The fourth-order valence-corrected chi connectivity index (χ4v) is 6.68. The van der Waals surface area contributed by atoms with Gasteiger partial charge in [-0.25, -0.2) is 4.99 Å². The van der Waals surface area contributed by atoms with Crippen molar-refractivity contribution in [2.45, 2.75) is 18.9 Å². The van der Waals surface area contributed by atoms with E-state index in [2.05, 4.69) is 40.2 Å². The molecule has 0 radical (unpaired) electrons. The Balaban J connectivity index is 1.39. The van der Waals surface area contributed by atoms with Gasteiger partial charge in [0.15, 0.2) is 4.80 Å². The number of ether oxygens (including phenoxy) is 1. The standard InChI is InChI=1S/C32H23BrN2O3S/c1-37-23-13-8-21(9-14-23)30-26-16-10-19-4-2-3-5-25(19)29(26)34-32-35(30)31(36)28(39-32)18-24-15-17-27(38-24)20-6-11-22(33)12-7-20/h2-9,11-15,17-18,30H,10,16H2,1H3/b28-18-/t30-/m0/s1. The Morgan fingerprint density at radius 3 is 2.59 bits per heavy atom. The molecule has 0 saturated heterocycles. The van der Waals surface area contributed by atoms with Crippen molar-refractivity contribution < 1.29 is 9.15 Å². The molecule has 0 unspecified atom stereocenters. The van der Waals surface area contributed by atoms with Crippen molar-refractivity contribution in [3.8, 4) is 17.1 Å². The van der Waals surface area contributed by atoms with E-state index >= 15 is 0 Å². The first-order chi connectivity index (χ1) is 19.1. The molecule has 1 aliphatic carbocycles. The molecule has 0 N–H and O–H groups in total. The second kappa shape index (κ2) is 9.67. The number of aromatic nitrogens is 1. The summed E-state index contributed by atoms with van der Waals surface area (Å²) in [6.45, 7) is 0. The Morgan fingerprint density at radius 1 is 1.00 bits per heavy atom. The molecule has 5 nitrogen and oxygen atoms in total. The van der Waals surface area contributed by atoms with Gasteiger partial charge >= 0.3 is 0 Å². The highest BCUT2D eigenvalue weighted by atomic mass is 79.9. The molecule has 3 aromatic carbocycles. The molecule has 1 aliphatic heterocycles. The summed E-state index contributed by atoms with van der Waals surface area (Å²) in [5.74, 6) is 2.17. The van der Waals surface area contributed by atoms with Crippen LogP contribution in [0, 0.1) is 0 Å². The summed E-state index contributed by atoms with van der Waals surface area (Å²) >= 11 is 4.88. The minimum Gasteiger partial charge on any atom is -0.497 e. The van der Waals surface area contributed by atoms with Gasteiger partial charge in [-0.15, -0.1) is 0 Å². The zero-order chi connectivity index (χ0) is 26.5. The van der Waals surface area contributed by atoms with Gasteiger partial charge in [-0.3, -0.25) is 9.36 Å². The number of benzene rings is 3. The number of thiazole rings is 1. The van der Waals surface area contributed by atoms with Crippen LogP contribution in [0.3, 0.4) is 0 Å². The van der Waals surface area contributed by atoms with Crippen molar-refractivity contribution in [2.24, 2.45) is 4.99 Å². The number of aryl methyl sites for hydroxylation is 1. The topological polar surface area (TPSA) is 56.7 Å². The Bertz CT molecular complexity index is 1930. The molecular formula is C32H23BrN2O3S.